The van der Waals surface area contributed by atoms with E-state index in [2.05, 4.69) is 41.3 Å². The number of fused-ring (bicyclic) bond motifs is 1. The van der Waals surface area contributed by atoms with E-state index in [1.807, 2.05) is 6.07 Å². The van der Waals surface area contributed by atoms with Gasteiger partial charge in [0, 0.05) is 50.5 Å². The highest BCUT2D eigenvalue weighted by atomic mass is 16.7. The van der Waals surface area contributed by atoms with Crippen LogP contribution in [0, 0.1) is 5.92 Å². The molecule has 2 N–H and O–H groups in total. The molecule has 1 aromatic carbocycles. The first-order valence-electron chi connectivity index (χ1n) is 8.90. The number of carbonyl (C=O) groups excluding carboxylic acids is 1. The fourth-order valence-corrected chi connectivity index (χ4v) is 3.29. The second-order valence-electron chi connectivity index (χ2n) is 7.05. The van der Waals surface area contributed by atoms with Gasteiger partial charge in [-0.3, -0.25) is 4.90 Å². The number of amides is 2. The molecule has 1 fully saturated rings. The first kappa shape index (κ1) is 17.8. The zero-order valence-electron chi connectivity index (χ0n) is 15.2. The van der Waals surface area contributed by atoms with Gasteiger partial charge >= 0.3 is 6.03 Å². The lowest BCUT2D eigenvalue weighted by molar-refractivity contribution is 0.0890. The van der Waals surface area contributed by atoms with E-state index in [9.17, 15) is 4.79 Å². The molecule has 2 heterocycles. The van der Waals surface area contributed by atoms with Gasteiger partial charge in [0.25, 0.3) is 0 Å². The Bertz CT molecular complexity index is 600. The molecule has 0 aromatic heterocycles. The number of nitrogens with zero attached hydrogens (tertiary/aromatic N) is 2. The monoisotopic (exact) mass is 348 g/mol. The number of urea groups is 1. The summed E-state index contributed by atoms with van der Waals surface area (Å²) in [5, 5.41) is 5.87. The minimum atomic E-state index is -0.196. The number of hydrogen-bond acceptors (Lipinski definition) is 5. The van der Waals surface area contributed by atoms with E-state index in [0.717, 1.165) is 26.2 Å². The maximum atomic E-state index is 12.3. The van der Waals surface area contributed by atoms with Gasteiger partial charge in [0.2, 0.25) is 6.79 Å². The Labute approximate surface area is 149 Å². The third-order valence-corrected chi connectivity index (χ3v) is 4.88. The molecule has 1 saturated heterocycles. The van der Waals surface area contributed by atoms with Crippen molar-refractivity contribution in [3.8, 4) is 11.5 Å². The molecule has 0 saturated carbocycles. The van der Waals surface area contributed by atoms with Gasteiger partial charge < -0.3 is 25.0 Å². The predicted molar refractivity (Wildman–Crippen MR) is 97.3 cm³/mol. The van der Waals surface area contributed by atoms with Crippen LogP contribution in [-0.4, -0.2) is 68.4 Å². The summed E-state index contributed by atoms with van der Waals surface area (Å²) in [7, 11) is 2.15. The third kappa shape index (κ3) is 4.55. The summed E-state index contributed by atoms with van der Waals surface area (Å²) in [5.74, 6) is 1.85. The Morgan fingerprint density at radius 2 is 1.88 bits per heavy atom. The van der Waals surface area contributed by atoms with Crippen LogP contribution in [0.5, 0.6) is 11.5 Å². The third-order valence-electron chi connectivity index (χ3n) is 4.88. The molecule has 2 aliphatic heterocycles. The van der Waals surface area contributed by atoms with Crippen molar-refractivity contribution in [2.24, 2.45) is 5.92 Å². The lowest BCUT2D eigenvalue weighted by Gasteiger charge is -2.39. The highest BCUT2D eigenvalue weighted by Gasteiger charge is 2.25. The molecular weight excluding hydrogens is 320 g/mol. The fraction of sp³-hybridized carbons (Fsp3) is 0.611. The fourth-order valence-electron chi connectivity index (χ4n) is 3.29. The number of rotatable bonds is 5. The zero-order chi connectivity index (χ0) is 17.8. The van der Waals surface area contributed by atoms with Crippen LogP contribution in [0.2, 0.25) is 0 Å². The van der Waals surface area contributed by atoms with Crippen LogP contribution in [0.4, 0.5) is 10.5 Å². The van der Waals surface area contributed by atoms with Gasteiger partial charge in [0.1, 0.15) is 0 Å². The standard InChI is InChI=1S/C18H28N4O3/c1-13(2)15(22-8-6-21(3)7-9-22)11-19-18(23)20-14-4-5-16-17(10-14)25-12-24-16/h4-5,10,13,15H,6-9,11-12H2,1-3H3,(H2,19,20,23). The van der Waals surface area contributed by atoms with Crippen molar-refractivity contribution in [3.63, 3.8) is 0 Å². The van der Waals surface area contributed by atoms with Gasteiger partial charge in [-0.05, 0) is 25.1 Å². The summed E-state index contributed by atoms with van der Waals surface area (Å²) in [6.45, 7) is 9.53. The molecule has 0 spiro atoms. The number of piperazine rings is 1. The van der Waals surface area contributed by atoms with Crippen molar-refractivity contribution >= 4 is 11.7 Å². The minimum Gasteiger partial charge on any atom is -0.454 e. The van der Waals surface area contributed by atoms with Crippen molar-refractivity contribution < 1.29 is 14.3 Å². The van der Waals surface area contributed by atoms with Crippen LogP contribution < -0.4 is 20.1 Å². The molecule has 2 amide bonds. The van der Waals surface area contributed by atoms with Gasteiger partial charge in [-0.2, -0.15) is 0 Å². The lowest BCUT2D eigenvalue weighted by atomic mass is 10.0. The number of anilines is 1. The Balaban J connectivity index is 1.51. The first-order valence-corrected chi connectivity index (χ1v) is 8.90. The topological polar surface area (TPSA) is 66.1 Å². The highest BCUT2D eigenvalue weighted by molar-refractivity contribution is 5.89. The Morgan fingerprint density at radius 1 is 1.16 bits per heavy atom. The molecule has 2 aliphatic rings. The minimum absolute atomic E-state index is 0.196. The highest BCUT2D eigenvalue weighted by Crippen LogP contribution is 2.34. The van der Waals surface area contributed by atoms with E-state index < -0.39 is 0 Å². The summed E-state index contributed by atoms with van der Waals surface area (Å²) >= 11 is 0. The number of ether oxygens (including phenoxy) is 2. The van der Waals surface area contributed by atoms with Crippen LogP contribution in [-0.2, 0) is 0 Å². The van der Waals surface area contributed by atoms with Gasteiger partial charge in [-0.25, -0.2) is 4.79 Å². The molecule has 7 nitrogen and oxygen atoms in total. The van der Waals surface area contributed by atoms with Gasteiger partial charge in [-0.15, -0.1) is 0 Å². The first-order chi connectivity index (χ1) is 12.0. The summed E-state index contributed by atoms with van der Waals surface area (Å²) in [5.41, 5.74) is 0.697. The maximum absolute atomic E-state index is 12.3. The zero-order valence-corrected chi connectivity index (χ0v) is 15.2. The SMILES string of the molecule is CC(C)C(CNC(=O)Nc1ccc2c(c1)OCO2)N1CCN(C)CC1. The largest absolute Gasteiger partial charge is 0.454 e. The number of hydrogen-bond donors (Lipinski definition) is 2. The van der Waals surface area contributed by atoms with Crippen LogP contribution in [0.15, 0.2) is 18.2 Å². The molecule has 1 unspecified atom stereocenters. The Kier molecular flexibility index (Phi) is 5.65. The average Bonchev–Trinajstić information content (AvgIpc) is 3.04. The van der Waals surface area contributed by atoms with Crippen molar-refractivity contribution in [1.82, 2.24) is 15.1 Å². The van der Waals surface area contributed by atoms with Gasteiger partial charge in [0.05, 0.1) is 0 Å². The van der Waals surface area contributed by atoms with Crippen LogP contribution in [0.3, 0.4) is 0 Å². The molecule has 25 heavy (non-hydrogen) atoms. The second kappa shape index (κ2) is 7.93. The maximum Gasteiger partial charge on any atom is 0.319 e. The molecular formula is C18H28N4O3. The number of likely N-dealkylation sites (N-methyl/N-ethyl adjacent to an activating group) is 1. The van der Waals surface area contributed by atoms with Crippen LogP contribution in [0.25, 0.3) is 0 Å². The van der Waals surface area contributed by atoms with Crippen LogP contribution >= 0.6 is 0 Å². The average molecular weight is 348 g/mol. The summed E-state index contributed by atoms with van der Waals surface area (Å²) < 4.78 is 10.6. The van der Waals surface area contributed by atoms with E-state index in [-0.39, 0.29) is 12.8 Å². The molecule has 3 rings (SSSR count). The molecule has 138 valence electrons. The van der Waals surface area contributed by atoms with E-state index in [1.165, 1.54) is 0 Å². The van der Waals surface area contributed by atoms with E-state index >= 15 is 0 Å². The van der Waals surface area contributed by atoms with Crippen molar-refractivity contribution in [2.75, 3.05) is 51.9 Å². The number of benzene rings is 1. The van der Waals surface area contributed by atoms with Crippen LogP contribution in [0.1, 0.15) is 13.8 Å². The molecule has 0 aliphatic carbocycles. The predicted octanol–water partition coefficient (Wildman–Crippen LogP) is 1.81. The van der Waals surface area contributed by atoms with Crippen molar-refractivity contribution in [3.05, 3.63) is 18.2 Å². The second-order valence-corrected chi connectivity index (χ2v) is 7.05. The smallest absolute Gasteiger partial charge is 0.319 e. The summed E-state index contributed by atoms with van der Waals surface area (Å²) in [6, 6.07) is 5.55. The lowest BCUT2D eigenvalue weighted by Crippen LogP contribution is -2.54. The molecule has 1 atom stereocenters. The Hall–Kier alpha value is -1.99. The molecule has 0 radical (unpaired) electrons. The number of carbonyl (C=O) groups is 1. The van der Waals surface area contributed by atoms with Crippen molar-refractivity contribution in [2.45, 2.75) is 19.9 Å². The number of nitrogens with one attached hydrogen (secondary N) is 2. The van der Waals surface area contributed by atoms with E-state index in [0.29, 0.717) is 35.7 Å². The summed E-state index contributed by atoms with van der Waals surface area (Å²) in [4.78, 5) is 17.1. The quantitative estimate of drug-likeness (QED) is 0.850. The van der Waals surface area contributed by atoms with Gasteiger partial charge in [0.15, 0.2) is 11.5 Å². The normalized spacial score (nSPS) is 19.0. The van der Waals surface area contributed by atoms with Crippen molar-refractivity contribution in [1.29, 1.82) is 0 Å². The molecule has 0 bridgehead atoms. The molecule has 1 aromatic rings. The van der Waals surface area contributed by atoms with E-state index in [1.54, 1.807) is 12.1 Å². The summed E-state index contributed by atoms with van der Waals surface area (Å²) in [6.07, 6.45) is 0. The van der Waals surface area contributed by atoms with E-state index in [4.69, 9.17) is 9.47 Å². The van der Waals surface area contributed by atoms with Gasteiger partial charge in [-0.1, -0.05) is 13.8 Å². The Morgan fingerprint density at radius 3 is 2.60 bits per heavy atom. The molecule has 7 heteroatoms.